The predicted molar refractivity (Wildman–Crippen MR) is 106 cm³/mol. The van der Waals surface area contributed by atoms with Crippen molar-refractivity contribution in [3.05, 3.63) is 64.0 Å². The number of benzene rings is 2. The van der Waals surface area contributed by atoms with E-state index in [0.717, 1.165) is 12.8 Å². The van der Waals surface area contributed by atoms with Gasteiger partial charge in [0.15, 0.2) is 17.2 Å². The molecule has 3 aromatic rings. The Bertz CT molecular complexity index is 1050. The first-order valence-corrected chi connectivity index (χ1v) is 9.08. The maximum Gasteiger partial charge on any atom is 0.343 e. The van der Waals surface area contributed by atoms with Crippen LogP contribution < -0.4 is 19.8 Å². The van der Waals surface area contributed by atoms with Gasteiger partial charge in [0.1, 0.15) is 5.58 Å². The molecule has 0 fully saturated rings. The van der Waals surface area contributed by atoms with Crippen LogP contribution in [0.2, 0.25) is 0 Å². The molecule has 146 valence electrons. The van der Waals surface area contributed by atoms with Gasteiger partial charge in [0, 0.05) is 0 Å². The summed E-state index contributed by atoms with van der Waals surface area (Å²) in [5.41, 5.74) is 0.552. The van der Waals surface area contributed by atoms with Gasteiger partial charge in [-0.25, -0.2) is 9.59 Å². The lowest BCUT2D eigenvalue weighted by Crippen LogP contribution is -2.16. The van der Waals surface area contributed by atoms with Crippen LogP contribution in [0.25, 0.3) is 11.0 Å². The fraction of sp³-hybridized carbons (Fsp3) is 0.273. The maximum absolute atomic E-state index is 12.8. The van der Waals surface area contributed by atoms with E-state index >= 15 is 0 Å². The zero-order chi connectivity index (χ0) is 20.1. The minimum atomic E-state index is -0.588. The Morgan fingerprint density at radius 1 is 1.04 bits per heavy atom. The van der Waals surface area contributed by atoms with Gasteiger partial charge in [0.05, 0.1) is 30.7 Å². The topological polar surface area (TPSA) is 75.0 Å². The molecule has 0 saturated carbocycles. The summed E-state index contributed by atoms with van der Waals surface area (Å²) < 4.78 is 21.5. The number of fused-ring (bicyclic) bond motifs is 1. The molecule has 0 amide bonds. The average molecular weight is 382 g/mol. The van der Waals surface area contributed by atoms with Crippen molar-refractivity contribution in [1.82, 2.24) is 0 Å². The number of hydrogen-bond acceptors (Lipinski definition) is 6. The molecule has 1 aromatic heterocycles. The molecule has 3 rings (SSSR count). The largest absolute Gasteiger partial charge is 0.493 e. The first-order chi connectivity index (χ1) is 13.6. The van der Waals surface area contributed by atoms with Crippen molar-refractivity contribution in [3.63, 3.8) is 0 Å². The molecule has 28 heavy (non-hydrogen) atoms. The normalized spacial score (nSPS) is 10.7. The highest BCUT2D eigenvalue weighted by Gasteiger charge is 2.20. The standard InChI is InChI=1S/C22H22O6/c1-4-5-8-16-20(15-9-6-7-10-17(15)27-22(16)24)28-21(23)14-11-12-18(25-2)19(13-14)26-3/h6-7,9-13H,4-5,8H2,1-3H3. The summed E-state index contributed by atoms with van der Waals surface area (Å²) in [5.74, 6) is 0.587. The molecule has 0 unspecified atom stereocenters. The zero-order valence-corrected chi connectivity index (χ0v) is 16.1. The van der Waals surface area contributed by atoms with Crippen LogP contribution in [0, 0.1) is 0 Å². The molecule has 0 atom stereocenters. The summed E-state index contributed by atoms with van der Waals surface area (Å²) in [6.45, 7) is 2.03. The van der Waals surface area contributed by atoms with Crippen molar-refractivity contribution in [2.45, 2.75) is 26.2 Å². The van der Waals surface area contributed by atoms with E-state index in [4.69, 9.17) is 18.6 Å². The third-order valence-corrected chi connectivity index (χ3v) is 4.45. The molecule has 0 aliphatic heterocycles. The number of rotatable bonds is 7. The summed E-state index contributed by atoms with van der Waals surface area (Å²) in [6, 6.07) is 11.8. The molecule has 0 bridgehead atoms. The van der Waals surface area contributed by atoms with E-state index in [1.807, 2.05) is 6.92 Å². The van der Waals surface area contributed by atoms with Gasteiger partial charge in [0.25, 0.3) is 0 Å². The second-order valence-corrected chi connectivity index (χ2v) is 6.26. The molecule has 0 aliphatic carbocycles. The van der Waals surface area contributed by atoms with Crippen LogP contribution in [-0.4, -0.2) is 20.2 Å². The Balaban J connectivity index is 2.05. The van der Waals surface area contributed by atoms with Crippen LogP contribution in [0.4, 0.5) is 0 Å². The van der Waals surface area contributed by atoms with E-state index < -0.39 is 11.6 Å². The number of para-hydroxylation sites is 1. The smallest absolute Gasteiger partial charge is 0.343 e. The second-order valence-electron chi connectivity index (χ2n) is 6.26. The number of hydrogen-bond donors (Lipinski definition) is 0. The minimum Gasteiger partial charge on any atom is -0.493 e. The summed E-state index contributed by atoms with van der Waals surface area (Å²) in [5, 5.41) is 0.585. The van der Waals surface area contributed by atoms with E-state index in [9.17, 15) is 9.59 Å². The molecular formula is C22H22O6. The van der Waals surface area contributed by atoms with Crippen molar-refractivity contribution in [1.29, 1.82) is 0 Å². The fourth-order valence-corrected chi connectivity index (χ4v) is 2.96. The number of esters is 1. The van der Waals surface area contributed by atoms with Crippen molar-refractivity contribution in [2.24, 2.45) is 0 Å². The van der Waals surface area contributed by atoms with E-state index in [1.54, 1.807) is 42.5 Å². The fourth-order valence-electron chi connectivity index (χ4n) is 2.96. The van der Waals surface area contributed by atoms with E-state index in [-0.39, 0.29) is 11.3 Å². The van der Waals surface area contributed by atoms with Crippen molar-refractivity contribution < 1.29 is 23.4 Å². The van der Waals surface area contributed by atoms with E-state index in [2.05, 4.69) is 0 Å². The predicted octanol–water partition coefficient (Wildman–Crippen LogP) is 4.37. The SMILES string of the molecule is CCCCc1c(OC(=O)c2ccc(OC)c(OC)c2)c2ccccc2oc1=O. The van der Waals surface area contributed by atoms with Gasteiger partial charge in [-0.1, -0.05) is 25.5 Å². The lowest BCUT2D eigenvalue weighted by atomic mass is 10.1. The van der Waals surface area contributed by atoms with Gasteiger partial charge >= 0.3 is 11.6 Å². The Labute approximate surface area is 162 Å². The summed E-state index contributed by atoms with van der Waals surface area (Å²) >= 11 is 0. The number of carbonyl (C=O) groups excluding carboxylic acids is 1. The van der Waals surface area contributed by atoms with Crippen LogP contribution in [0.1, 0.15) is 35.7 Å². The Morgan fingerprint density at radius 3 is 2.50 bits per heavy atom. The lowest BCUT2D eigenvalue weighted by Gasteiger charge is -2.13. The van der Waals surface area contributed by atoms with Crippen LogP contribution in [0.5, 0.6) is 17.2 Å². The zero-order valence-electron chi connectivity index (χ0n) is 16.1. The highest BCUT2D eigenvalue weighted by molar-refractivity contribution is 5.95. The molecule has 0 spiro atoms. The van der Waals surface area contributed by atoms with Crippen molar-refractivity contribution in [2.75, 3.05) is 14.2 Å². The first-order valence-electron chi connectivity index (χ1n) is 9.08. The Morgan fingerprint density at radius 2 is 1.79 bits per heavy atom. The summed E-state index contributed by atoms with van der Waals surface area (Å²) in [4.78, 5) is 25.3. The Hall–Kier alpha value is -3.28. The highest BCUT2D eigenvalue weighted by atomic mass is 16.5. The van der Waals surface area contributed by atoms with Crippen molar-refractivity contribution >= 4 is 16.9 Å². The number of ether oxygens (including phenoxy) is 3. The molecule has 0 radical (unpaired) electrons. The third-order valence-electron chi connectivity index (χ3n) is 4.45. The van der Waals surface area contributed by atoms with Gasteiger partial charge < -0.3 is 18.6 Å². The van der Waals surface area contributed by atoms with Gasteiger partial charge in [-0.15, -0.1) is 0 Å². The highest BCUT2D eigenvalue weighted by Crippen LogP contribution is 2.31. The summed E-state index contributed by atoms with van der Waals surface area (Å²) in [6.07, 6.45) is 2.15. The third kappa shape index (κ3) is 3.86. The molecule has 1 heterocycles. The molecule has 2 aromatic carbocycles. The van der Waals surface area contributed by atoms with E-state index in [0.29, 0.717) is 34.5 Å². The lowest BCUT2D eigenvalue weighted by molar-refractivity contribution is 0.0734. The van der Waals surface area contributed by atoms with Gasteiger partial charge in [0.2, 0.25) is 0 Å². The van der Waals surface area contributed by atoms with E-state index in [1.165, 1.54) is 14.2 Å². The molecule has 6 nitrogen and oxygen atoms in total. The second kappa shape index (κ2) is 8.61. The van der Waals surface area contributed by atoms with Gasteiger partial charge in [-0.3, -0.25) is 0 Å². The Kier molecular flexibility index (Phi) is 5.99. The molecular weight excluding hydrogens is 360 g/mol. The molecule has 6 heteroatoms. The molecule has 0 N–H and O–H groups in total. The van der Waals surface area contributed by atoms with Gasteiger partial charge in [-0.05, 0) is 43.2 Å². The number of unbranched alkanes of at least 4 members (excludes halogenated alkanes) is 1. The van der Waals surface area contributed by atoms with Crippen LogP contribution >= 0.6 is 0 Å². The monoisotopic (exact) mass is 382 g/mol. The minimum absolute atomic E-state index is 0.250. The van der Waals surface area contributed by atoms with Gasteiger partial charge in [-0.2, -0.15) is 0 Å². The van der Waals surface area contributed by atoms with Crippen LogP contribution in [-0.2, 0) is 6.42 Å². The first kappa shape index (κ1) is 19.5. The maximum atomic E-state index is 12.8. The van der Waals surface area contributed by atoms with Crippen LogP contribution in [0.3, 0.4) is 0 Å². The van der Waals surface area contributed by atoms with Crippen LogP contribution in [0.15, 0.2) is 51.7 Å². The molecule has 0 saturated heterocycles. The average Bonchev–Trinajstić information content (AvgIpc) is 2.72. The summed E-state index contributed by atoms with van der Waals surface area (Å²) in [7, 11) is 3.01. The number of carbonyl (C=O) groups is 1. The molecule has 0 aliphatic rings. The number of methoxy groups -OCH3 is 2. The van der Waals surface area contributed by atoms with Crippen molar-refractivity contribution in [3.8, 4) is 17.2 Å². The quantitative estimate of drug-likeness (QED) is 0.446.